The second-order valence-corrected chi connectivity index (χ2v) is 6.30. The molecule has 17 heavy (non-hydrogen) atoms. The third-order valence-corrected chi connectivity index (χ3v) is 4.48. The van der Waals surface area contributed by atoms with E-state index >= 15 is 0 Å². The number of hydrogen-bond acceptors (Lipinski definition) is 3. The molecule has 0 aliphatic heterocycles. The Morgan fingerprint density at radius 2 is 2.24 bits per heavy atom. The van der Waals surface area contributed by atoms with Crippen molar-refractivity contribution in [1.29, 1.82) is 0 Å². The van der Waals surface area contributed by atoms with E-state index in [1.165, 1.54) is 0 Å². The van der Waals surface area contributed by atoms with Gasteiger partial charge in [-0.2, -0.15) is 0 Å². The Hall–Kier alpha value is -0.850. The molecule has 2 rings (SSSR count). The lowest BCUT2D eigenvalue weighted by molar-refractivity contribution is 0.578. The quantitative estimate of drug-likeness (QED) is 0.706. The average Bonchev–Trinajstić information content (AvgIpc) is 2.81. The van der Waals surface area contributed by atoms with Crippen LogP contribution in [0.2, 0.25) is 0 Å². The van der Waals surface area contributed by atoms with E-state index < -0.39 is 10.0 Å². The van der Waals surface area contributed by atoms with Crippen molar-refractivity contribution in [3.63, 3.8) is 0 Å². The van der Waals surface area contributed by atoms with Crippen LogP contribution in [0.25, 0.3) is 0 Å². The normalized spacial score (nSPS) is 23.9. The predicted octanol–water partition coefficient (Wildman–Crippen LogP) is 0.811. The van der Waals surface area contributed by atoms with Crippen LogP contribution in [0, 0.1) is 5.92 Å². The highest BCUT2D eigenvalue weighted by atomic mass is 32.2. The van der Waals surface area contributed by atoms with Gasteiger partial charge in [0, 0.05) is 24.5 Å². The van der Waals surface area contributed by atoms with Gasteiger partial charge in [-0.05, 0) is 24.9 Å². The highest BCUT2D eigenvalue weighted by molar-refractivity contribution is 7.89. The molecule has 0 amide bonds. The Bertz CT molecular complexity index is 481. The van der Waals surface area contributed by atoms with Crippen molar-refractivity contribution < 1.29 is 8.42 Å². The number of aromatic nitrogens is 1. The largest absolute Gasteiger partial charge is 0.363 e. The minimum atomic E-state index is -3.34. The number of rotatable bonds is 6. The minimum absolute atomic E-state index is 0.118. The summed E-state index contributed by atoms with van der Waals surface area (Å²) in [6.07, 6.45) is 2.48. The summed E-state index contributed by atoms with van der Waals surface area (Å²) < 4.78 is 26.6. The summed E-state index contributed by atoms with van der Waals surface area (Å²) >= 11 is 0. The van der Waals surface area contributed by atoms with E-state index in [1.807, 2.05) is 13.8 Å². The molecule has 0 bridgehead atoms. The van der Waals surface area contributed by atoms with Crippen molar-refractivity contribution in [2.45, 2.75) is 37.8 Å². The molecule has 0 spiro atoms. The van der Waals surface area contributed by atoms with Crippen LogP contribution in [-0.2, 0) is 16.6 Å². The molecule has 1 fully saturated rings. The van der Waals surface area contributed by atoms with Crippen LogP contribution in [0.15, 0.2) is 17.2 Å². The molecule has 0 saturated heterocycles. The lowest BCUT2D eigenvalue weighted by atomic mass is 10.4. The standard InChI is InChI=1S/C11H19N3O2S/c1-3-12-6-9-5-10(7-13-9)17(15,16)14-11-4-8(11)2/h5,7-8,11-14H,3-4,6H2,1-2H3. The molecule has 5 nitrogen and oxygen atoms in total. The third-order valence-electron chi connectivity index (χ3n) is 3.01. The van der Waals surface area contributed by atoms with Gasteiger partial charge in [0.25, 0.3) is 0 Å². The van der Waals surface area contributed by atoms with Gasteiger partial charge in [-0.3, -0.25) is 0 Å². The zero-order valence-electron chi connectivity index (χ0n) is 10.2. The number of H-pyrrole nitrogens is 1. The first-order valence-electron chi connectivity index (χ1n) is 5.93. The molecule has 96 valence electrons. The maximum Gasteiger partial charge on any atom is 0.242 e. The van der Waals surface area contributed by atoms with E-state index in [9.17, 15) is 8.42 Å². The average molecular weight is 257 g/mol. The van der Waals surface area contributed by atoms with Crippen LogP contribution < -0.4 is 10.0 Å². The minimum Gasteiger partial charge on any atom is -0.363 e. The van der Waals surface area contributed by atoms with Crippen LogP contribution in [0.4, 0.5) is 0 Å². The van der Waals surface area contributed by atoms with Crippen LogP contribution in [0.5, 0.6) is 0 Å². The van der Waals surface area contributed by atoms with Gasteiger partial charge in [0.15, 0.2) is 0 Å². The Morgan fingerprint density at radius 1 is 1.53 bits per heavy atom. The third kappa shape index (κ3) is 3.08. The second-order valence-electron chi connectivity index (χ2n) is 4.58. The van der Waals surface area contributed by atoms with Crippen LogP contribution in [-0.4, -0.2) is 26.0 Å². The number of sulfonamides is 1. The molecule has 1 aliphatic rings. The molecule has 1 aliphatic carbocycles. The van der Waals surface area contributed by atoms with Gasteiger partial charge >= 0.3 is 0 Å². The van der Waals surface area contributed by atoms with Gasteiger partial charge in [0.2, 0.25) is 10.0 Å². The van der Waals surface area contributed by atoms with Crippen LogP contribution in [0.1, 0.15) is 26.0 Å². The molecular weight excluding hydrogens is 238 g/mol. The first-order valence-corrected chi connectivity index (χ1v) is 7.41. The van der Waals surface area contributed by atoms with Gasteiger partial charge in [0.1, 0.15) is 0 Å². The van der Waals surface area contributed by atoms with Crippen molar-refractivity contribution in [1.82, 2.24) is 15.0 Å². The van der Waals surface area contributed by atoms with Gasteiger partial charge in [0.05, 0.1) is 4.90 Å². The fraction of sp³-hybridized carbons (Fsp3) is 0.636. The molecule has 6 heteroatoms. The fourth-order valence-corrected chi connectivity index (χ4v) is 3.06. The van der Waals surface area contributed by atoms with E-state index in [4.69, 9.17) is 0 Å². The summed E-state index contributed by atoms with van der Waals surface area (Å²) in [4.78, 5) is 3.29. The van der Waals surface area contributed by atoms with Crippen molar-refractivity contribution in [3.8, 4) is 0 Å². The lowest BCUT2D eigenvalue weighted by Crippen LogP contribution is -2.26. The molecular formula is C11H19N3O2S. The van der Waals surface area contributed by atoms with Gasteiger partial charge in [-0.15, -0.1) is 0 Å². The highest BCUT2D eigenvalue weighted by Gasteiger charge is 2.36. The zero-order chi connectivity index (χ0) is 12.5. The molecule has 2 unspecified atom stereocenters. The van der Waals surface area contributed by atoms with Gasteiger partial charge < -0.3 is 10.3 Å². The first-order chi connectivity index (χ1) is 8.03. The van der Waals surface area contributed by atoms with Crippen molar-refractivity contribution in [3.05, 3.63) is 18.0 Å². The molecule has 3 N–H and O–H groups in total. The fourth-order valence-electron chi connectivity index (χ4n) is 1.69. The summed E-state index contributed by atoms with van der Waals surface area (Å²) in [5, 5.41) is 3.14. The van der Waals surface area contributed by atoms with E-state index in [2.05, 4.69) is 15.0 Å². The Morgan fingerprint density at radius 3 is 2.82 bits per heavy atom. The molecule has 1 aromatic rings. The maximum absolute atomic E-state index is 12.0. The van der Waals surface area contributed by atoms with Crippen LogP contribution in [0.3, 0.4) is 0 Å². The summed E-state index contributed by atoms with van der Waals surface area (Å²) in [5.41, 5.74) is 0.885. The molecule has 1 aromatic heterocycles. The van der Waals surface area contributed by atoms with Crippen LogP contribution >= 0.6 is 0 Å². The van der Waals surface area contributed by atoms with Gasteiger partial charge in [-0.1, -0.05) is 13.8 Å². The summed E-state index contributed by atoms with van der Waals surface area (Å²) in [7, 11) is -3.34. The summed E-state index contributed by atoms with van der Waals surface area (Å²) in [5.74, 6) is 0.463. The molecule has 1 heterocycles. The Kier molecular flexibility index (Phi) is 3.56. The Balaban J connectivity index is 2.02. The predicted molar refractivity (Wildman–Crippen MR) is 66.1 cm³/mol. The summed E-state index contributed by atoms with van der Waals surface area (Å²) in [6, 6.07) is 1.80. The molecule has 0 radical (unpaired) electrons. The molecule has 2 atom stereocenters. The molecule has 1 saturated carbocycles. The smallest absolute Gasteiger partial charge is 0.242 e. The van der Waals surface area contributed by atoms with Gasteiger partial charge in [-0.25, -0.2) is 13.1 Å². The van der Waals surface area contributed by atoms with E-state index in [-0.39, 0.29) is 6.04 Å². The van der Waals surface area contributed by atoms with E-state index in [0.29, 0.717) is 17.4 Å². The highest BCUT2D eigenvalue weighted by Crippen LogP contribution is 2.30. The Labute approximate surface area is 102 Å². The summed E-state index contributed by atoms with van der Waals surface area (Å²) in [6.45, 7) is 5.57. The zero-order valence-corrected chi connectivity index (χ0v) is 11.0. The number of aromatic amines is 1. The second kappa shape index (κ2) is 4.80. The SMILES string of the molecule is CCNCc1cc(S(=O)(=O)NC2CC2C)c[nH]1. The van der Waals surface area contributed by atoms with Crippen molar-refractivity contribution >= 4 is 10.0 Å². The first kappa shape index (κ1) is 12.6. The topological polar surface area (TPSA) is 74.0 Å². The monoisotopic (exact) mass is 257 g/mol. The maximum atomic E-state index is 12.0. The van der Waals surface area contributed by atoms with Crippen molar-refractivity contribution in [2.24, 2.45) is 5.92 Å². The van der Waals surface area contributed by atoms with Crippen molar-refractivity contribution in [2.75, 3.05) is 6.54 Å². The lowest BCUT2D eigenvalue weighted by Gasteiger charge is -2.02. The van der Waals surface area contributed by atoms with E-state index in [0.717, 1.165) is 18.7 Å². The number of nitrogens with one attached hydrogen (secondary N) is 3. The van der Waals surface area contributed by atoms with E-state index in [1.54, 1.807) is 12.3 Å². The molecule has 0 aromatic carbocycles. The number of hydrogen-bond donors (Lipinski definition) is 3.